The van der Waals surface area contributed by atoms with Crippen molar-refractivity contribution in [1.29, 1.82) is 5.26 Å². The first-order valence-electron chi connectivity index (χ1n) is 11.5. The lowest BCUT2D eigenvalue weighted by molar-refractivity contribution is 0.979. The van der Waals surface area contributed by atoms with Gasteiger partial charge in [0.2, 0.25) is 0 Å². The highest BCUT2D eigenvalue weighted by Gasteiger charge is 2.20. The first-order chi connectivity index (χ1) is 17.3. The standard InChI is InChI=1S/C28H26Cl2N6/c1-4-36(21-7-5-6-17(2)12-21)28-26(32)27(33-16-34-28)35-25-14-24(30)22(13-18(25)3)23(15-31)19-8-10-20(29)11-9-19/h5-14,16,23H,4,32H2,1-3H3,(H,33,34,35). The predicted octanol–water partition coefficient (Wildman–Crippen LogP) is 7.54. The number of nitrogens with two attached hydrogens (primary N) is 1. The average molecular weight is 517 g/mol. The molecule has 8 heteroatoms. The zero-order chi connectivity index (χ0) is 25.8. The van der Waals surface area contributed by atoms with Gasteiger partial charge < -0.3 is 16.0 Å². The van der Waals surface area contributed by atoms with Crippen LogP contribution in [0, 0.1) is 25.2 Å². The monoisotopic (exact) mass is 516 g/mol. The molecule has 0 radical (unpaired) electrons. The van der Waals surface area contributed by atoms with Crippen LogP contribution in [0.4, 0.5) is 28.7 Å². The Labute approximate surface area is 221 Å². The van der Waals surface area contributed by atoms with Crippen LogP contribution in [0.2, 0.25) is 10.0 Å². The first kappa shape index (κ1) is 25.3. The largest absolute Gasteiger partial charge is 0.393 e. The lowest BCUT2D eigenvalue weighted by Gasteiger charge is -2.25. The van der Waals surface area contributed by atoms with Crippen LogP contribution < -0.4 is 16.0 Å². The molecule has 3 N–H and O–H groups in total. The lowest BCUT2D eigenvalue weighted by Crippen LogP contribution is -2.20. The van der Waals surface area contributed by atoms with Crippen molar-refractivity contribution in [2.24, 2.45) is 0 Å². The van der Waals surface area contributed by atoms with Gasteiger partial charge in [-0.25, -0.2) is 9.97 Å². The molecule has 0 aliphatic rings. The Balaban J connectivity index is 1.67. The minimum Gasteiger partial charge on any atom is -0.393 e. The molecule has 0 spiro atoms. The maximum atomic E-state index is 9.88. The van der Waals surface area contributed by atoms with Gasteiger partial charge in [0.25, 0.3) is 0 Å². The summed E-state index contributed by atoms with van der Waals surface area (Å²) in [6.45, 7) is 6.73. The van der Waals surface area contributed by atoms with Gasteiger partial charge in [-0.1, -0.05) is 53.5 Å². The highest BCUT2D eigenvalue weighted by Crippen LogP contribution is 2.37. The predicted molar refractivity (Wildman–Crippen MR) is 149 cm³/mol. The summed E-state index contributed by atoms with van der Waals surface area (Å²) in [4.78, 5) is 10.9. The number of nitrogens with zero attached hydrogens (tertiary/aromatic N) is 4. The zero-order valence-corrected chi connectivity index (χ0v) is 21.8. The van der Waals surface area contributed by atoms with Crippen molar-refractivity contribution in [3.05, 3.63) is 99.3 Å². The van der Waals surface area contributed by atoms with Gasteiger partial charge >= 0.3 is 0 Å². The summed E-state index contributed by atoms with van der Waals surface area (Å²) in [5.41, 5.74) is 12.3. The second-order valence-electron chi connectivity index (χ2n) is 8.47. The van der Waals surface area contributed by atoms with Gasteiger partial charge in [-0.15, -0.1) is 0 Å². The average Bonchev–Trinajstić information content (AvgIpc) is 2.86. The van der Waals surface area contributed by atoms with Crippen molar-refractivity contribution in [1.82, 2.24) is 9.97 Å². The van der Waals surface area contributed by atoms with Crippen molar-refractivity contribution >= 4 is 51.9 Å². The molecule has 36 heavy (non-hydrogen) atoms. The fourth-order valence-electron chi connectivity index (χ4n) is 4.12. The number of hydrogen-bond donors (Lipinski definition) is 2. The molecular weight excluding hydrogens is 491 g/mol. The molecule has 0 aliphatic heterocycles. The number of anilines is 5. The summed E-state index contributed by atoms with van der Waals surface area (Å²) in [5.74, 6) is 0.575. The third-order valence-corrected chi connectivity index (χ3v) is 6.57. The van der Waals surface area contributed by atoms with E-state index in [9.17, 15) is 5.26 Å². The second kappa shape index (κ2) is 10.9. The quantitative estimate of drug-likeness (QED) is 0.263. The molecule has 4 rings (SSSR count). The maximum absolute atomic E-state index is 9.88. The number of halogens is 2. The molecule has 0 amide bonds. The molecule has 1 unspecified atom stereocenters. The molecule has 182 valence electrons. The SMILES string of the molecule is CCN(c1cccc(C)c1)c1ncnc(Nc2cc(Cl)c(C(C#N)c3ccc(Cl)cc3)cc2C)c1N. The third-order valence-electron chi connectivity index (χ3n) is 5.99. The minimum absolute atomic E-state index is 0.427. The Kier molecular flexibility index (Phi) is 7.64. The number of rotatable bonds is 7. The maximum Gasteiger partial charge on any atom is 0.161 e. The fourth-order valence-corrected chi connectivity index (χ4v) is 4.52. The van der Waals surface area contributed by atoms with Crippen LogP contribution in [-0.4, -0.2) is 16.5 Å². The normalized spacial score (nSPS) is 11.6. The Morgan fingerprint density at radius 1 is 1.06 bits per heavy atom. The van der Waals surface area contributed by atoms with E-state index in [1.54, 1.807) is 18.2 Å². The van der Waals surface area contributed by atoms with E-state index in [0.717, 1.165) is 33.6 Å². The summed E-state index contributed by atoms with van der Waals surface area (Å²) in [7, 11) is 0. The van der Waals surface area contributed by atoms with Crippen LogP contribution >= 0.6 is 23.2 Å². The number of nitrogen functional groups attached to an aromatic ring is 1. The molecule has 1 aromatic heterocycles. The van der Waals surface area contributed by atoms with Crippen molar-refractivity contribution < 1.29 is 0 Å². The molecule has 0 aliphatic carbocycles. The summed E-state index contributed by atoms with van der Waals surface area (Å²) >= 11 is 12.7. The van der Waals surface area contributed by atoms with Crippen LogP contribution in [0.5, 0.6) is 0 Å². The van der Waals surface area contributed by atoms with Crippen molar-refractivity contribution in [3.63, 3.8) is 0 Å². The number of aromatic nitrogens is 2. The van der Waals surface area contributed by atoms with E-state index in [1.165, 1.54) is 6.33 Å². The number of nitriles is 1. The van der Waals surface area contributed by atoms with E-state index < -0.39 is 5.92 Å². The summed E-state index contributed by atoms with van der Waals surface area (Å²) in [6, 6.07) is 21.5. The molecule has 0 saturated heterocycles. The Hall–Kier alpha value is -3.79. The van der Waals surface area contributed by atoms with Gasteiger partial charge in [-0.05, 0) is 73.4 Å². The van der Waals surface area contributed by atoms with Gasteiger partial charge in [0.05, 0.1) is 12.0 Å². The molecular formula is C28H26Cl2N6. The molecule has 6 nitrogen and oxygen atoms in total. The molecule has 1 heterocycles. The summed E-state index contributed by atoms with van der Waals surface area (Å²) < 4.78 is 0. The van der Waals surface area contributed by atoms with Crippen LogP contribution in [0.1, 0.15) is 35.1 Å². The minimum atomic E-state index is -0.523. The van der Waals surface area contributed by atoms with Crippen molar-refractivity contribution in [2.45, 2.75) is 26.7 Å². The highest BCUT2D eigenvalue weighted by molar-refractivity contribution is 6.32. The highest BCUT2D eigenvalue weighted by atomic mass is 35.5. The van der Waals surface area contributed by atoms with Crippen LogP contribution in [0.3, 0.4) is 0 Å². The van der Waals surface area contributed by atoms with Gasteiger partial charge in [-0.3, -0.25) is 0 Å². The van der Waals surface area contributed by atoms with Crippen LogP contribution in [-0.2, 0) is 0 Å². The van der Waals surface area contributed by atoms with Gasteiger partial charge in [0, 0.05) is 28.0 Å². The van der Waals surface area contributed by atoms with Gasteiger partial charge in [-0.2, -0.15) is 5.26 Å². The van der Waals surface area contributed by atoms with E-state index in [4.69, 9.17) is 28.9 Å². The number of nitrogens with one attached hydrogen (secondary N) is 1. The van der Waals surface area contributed by atoms with Crippen molar-refractivity contribution in [2.75, 3.05) is 22.5 Å². The molecule has 1 atom stereocenters. The number of aryl methyl sites for hydroxylation is 2. The smallest absolute Gasteiger partial charge is 0.161 e. The van der Waals surface area contributed by atoms with Gasteiger partial charge in [0.15, 0.2) is 11.6 Å². The molecule has 0 bridgehead atoms. The lowest BCUT2D eigenvalue weighted by atomic mass is 9.91. The fraction of sp³-hybridized carbons (Fsp3) is 0.179. The first-order valence-corrected chi connectivity index (χ1v) is 12.2. The molecule has 4 aromatic rings. The van der Waals surface area contributed by atoms with E-state index in [0.29, 0.717) is 33.9 Å². The topological polar surface area (TPSA) is 90.9 Å². The Bertz CT molecular complexity index is 1430. The summed E-state index contributed by atoms with van der Waals surface area (Å²) in [5, 5.41) is 14.3. The van der Waals surface area contributed by atoms with Gasteiger partial charge in [0.1, 0.15) is 12.0 Å². The zero-order valence-electron chi connectivity index (χ0n) is 20.3. The number of benzene rings is 3. The second-order valence-corrected chi connectivity index (χ2v) is 9.31. The Morgan fingerprint density at radius 2 is 1.81 bits per heavy atom. The number of hydrogen-bond acceptors (Lipinski definition) is 6. The molecule has 3 aromatic carbocycles. The van der Waals surface area contributed by atoms with E-state index in [1.807, 2.05) is 62.1 Å². The van der Waals surface area contributed by atoms with Crippen molar-refractivity contribution in [3.8, 4) is 6.07 Å². The van der Waals surface area contributed by atoms with E-state index in [2.05, 4.69) is 27.4 Å². The molecule has 0 fully saturated rings. The van der Waals surface area contributed by atoms with Crippen LogP contribution in [0.25, 0.3) is 0 Å². The summed E-state index contributed by atoms with van der Waals surface area (Å²) in [6.07, 6.45) is 1.49. The molecule has 0 saturated carbocycles. The third kappa shape index (κ3) is 5.23. The Morgan fingerprint density at radius 3 is 2.47 bits per heavy atom. The van der Waals surface area contributed by atoms with E-state index >= 15 is 0 Å². The van der Waals surface area contributed by atoms with Crippen LogP contribution in [0.15, 0.2) is 67.0 Å². The van der Waals surface area contributed by atoms with E-state index in [-0.39, 0.29) is 0 Å².